The van der Waals surface area contributed by atoms with Gasteiger partial charge >= 0.3 is 6.03 Å². The highest BCUT2D eigenvalue weighted by Gasteiger charge is 2.19. The number of anilines is 1. The number of oxazole rings is 1. The van der Waals surface area contributed by atoms with Crippen molar-refractivity contribution in [1.29, 1.82) is 0 Å². The highest BCUT2D eigenvalue weighted by molar-refractivity contribution is 5.89. The molecule has 0 radical (unpaired) electrons. The molecule has 2 aromatic rings. The predicted octanol–water partition coefficient (Wildman–Crippen LogP) is 3.01. The summed E-state index contributed by atoms with van der Waals surface area (Å²) in [5.41, 5.74) is 1.53. The van der Waals surface area contributed by atoms with Crippen LogP contribution in [0.1, 0.15) is 38.0 Å². The van der Waals surface area contributed by atoms with E-state index in [9.17, 15) is 4.79 Å². The summed E-state index contributed by atoms with van der Waals surface area (Å²) >= 11 is 0. The van der Waals surface area contributed by atoms with E-state index in [1.165, 1.54) is 7.11 Å². The van der Waals surface area contributed by atoms with E-state index in [1.807, 2.05) is 33.8 Å². The Labute approximate surface area is 135 Å². The number of carbonyl (C=O) groups excluding carboxylic acids is 1. The topological polar surface area (TPSA) is 89.3 Å². The monoisotopic (exact) mass is 318 g/mol. The summed E-state index contributed by atoms with van der Waals surface area (Å²) in [5.74, 6) is 1.32. The number of amides is 2. The number of methoxy groups -OCH3 is 1. The second-order valence-corrected chi connectivity index (χ2v) is 6.19. The molecule has 2 aromatic heterocycles. The lowest BCUT2D eigenvalue weighted by Crippen LogP contribution is -2.29. The Morgan fingerprint density at radius 1 is 1.30 bits per heavy atom. The molecule has 2 N–H and O–H groups in total. The molecule has 0 saturated carbocycles. The highest BCUT2D eigenvalue weighted by Crippen LogP contribution is 2.22. The van der Waals surface area contributed by atoms with Gasteiger partial charge in [-0.3, -0.25) is 5.32 Å². The van der Waals surface area contributed by atoms with Crippen molar-refractivity contribution in [3.63, 3.8) is 0 Å². The Kier molecular flexibility index (Phi) is 4.88. The lowest BCUT2D eigenvalue weighted by Gasteiger charge is -2.13. The van der Waals surface area contributed by atoms with Crippen LogP contribution in [0.25, 0.3) is 0 Å². The van der Waals surface area contributed by atoms with Crippen LogP contribution >= 0.6 is 0 Å². The largest absolute Gasteiger partial charge is 0.493 e. The normalized spacial score (nSPS) is 11.2. The predicted molar refractivity (Wildman–Crippen MR) is 86.6 cm³/mol. The van der Waals surface area contributed by atoms with E-state index < -0.39 is 6.03 Å². The number of urea groups is 1. The Morgan fingerprint density at radius 2 is 2.04 bits per heavy atom. The number of rotatable bonds is 4. The van der Waals surface area contributed by atoms with Crippen molar-refractivity contribution in [1.82, 2.24) is 15.3 Å². The van der Waals surface area contributed by atoms with Crippen LogP contribution in [0, 0.1) is 6.92 Å². The molecule has 0 spiro atoms. The molecule has 2 rings (SSSR count). The van der Waals surface area contributed by atoms with Gasteiger partial charge in [0.25, 0.3) is 0 Å². The van der Waals surface area contributed by atoms with Crippen LogP contribution in [0.3, 0.4) is 0 Å². The average Bonchev–Trinajstić information content (AvgIpc) is 2.94. The van der Waals surface area contributed by atoms with E-state index in [0.717, 1.165) is 11.4 Å². The Hall–Kier alpha value is -2.57. The maximum Gasteiger partial charge on any atom is 0.320 e. The van der Waals surface area contributed by atoms with Crippen molar-refractivity contribution in [2.24, 2.45) is 0 Å². The van der Waals surface area contributed by atoms with Crippen molar-refractivity contribution in [3.8, 4) is 5.75 Å². The molecule has 0 bridgehead atoms. The molecule has 0 aliphatic heterocycles. The van der Waals surface area contributed by atoms with Gasteiger partial charge in [-0.15, -0.1) is 0 Å². The van der Waals surface area contributed by atoms with Gasteiger partial charge < -0.3 is 14.5 Å². The quantitative estimate of drug-likeness (QED) is 0.904. The van der Waals surface area contributed by atoms with Crippen LogP contribution in [0.5, 0.6) is 5.75 Å². The molecule has 0 saturated heterocycles. The van der Waals surface area contributed by atoms with Crippen LogP contribution < -0.4 is 15.4 Å². The molecule has 2 heterocycles. The van der Waals surface area contributed by atoms with E-state index in [1.54, 1.807) is 12.3 Å². The fraction of sp³-hybridized carbons (Fsp3) is 0.438. The first kappa shape index (κ1) is 16.8. The maximum atomic E-state index is 12.0. The van der Waals surface area contributed by atoms with Crippen molar-refractivity contribution < 1.29 is 13.9 Å². The number of nitrogens with one attached hydrogen (secondary N) is 2. The zero-order chi connectivity index (χ0) is 17.0. The summed E-state index contributed by atoms with van der Waals surface area (Å²) in [4.78, 5) is 20.6. The van der Waals surface area contributed by atoms with E-state index in [0.29, 0.717) is 17.5 Å². The summed E-state index contributed by atoms with van der Waals surface area (Å²) in [7, 11) is 1.52. The Morgan fingerprint density at radius 3 is 2.65 bits per heavy atom. The molecule has 0 unspecified atom stereocenters. The molecule has 2 amide bonds. The first-order valence-electron chi connectivity index (χ1n) is 7.31. The first-order valence-corrected chi connectivity index (χ1v) is 7.31. The highest BCUT2D eigenvalue weighted by atomic mass is 16.5. The molecule has 0 aliphatic carbocycles. The summed E-state index contributed by atoms with van der Waals surface area (Å²) < 4.78 is 10.5. The lowest BCUT2D eigenvalue weighted by atomic mass is 9.93. The van der Waals surface area contributed by atoms with E-state index in [4.69, 9.17) is 9.15 Å². The van der Waals surface area contributed by atoms with Crippen LogP contribution in [0.2, 0.25) is 0 Å². The van der Waals surface area contributed by atoms with Gasteiger partial charge in [0, 0.05) is 11.1 Å². The van der Waals surface area contributed by atoms with E-state index in [2.05, 4.69) is 20.6 Å². The third-order valence-corrected chi connectivity index (χ3v) is 3.17. The molecule has 7 nitrogen and oxygen atoms in total. The van der Waals surface area contributed by atoms with Crippen molar-refractivity contribution in [2.75, 3.05) is 12.4 Å². The molecular formula is C16H22N4O3. The molecule has 0 fully saturated rings. The zero-order valence-corrected chi connectivity index (χ0v) is 14.1. The van der Waals surface area contributed by atoms with Gasteiger partial charge in [-0.25, -0.2) is 14.8 Å². The number of hydrogen-bond acceptors (Lipinski definition) is 5. The van der Waals surface area contributed by atoms with Crippen LogP contribution in [-0.2, 0) is 12.0 Å². The first-order chi connectivity index (χ1) is 10.8. The maximum absolute atomic E-state index is 12.0. The van der Waals surface area contributed by atoms with Gasteiger partial charge in [0.05, 0.1) is 19.3 Å². The fourth-order valence-electron chi connectivity index (χ4n) is 1.84. The molecule has 23 heavy (non-hydrogen) atoms. The molecule has 0 atom stereocenters. The Bertz CT molecular complexity index is 689. The summed E-state index contributed by atoms with van der Waals surface area (Å²) in [5, 5.41) is 5.34. The van der Waals surface area contributed by atoms with Gasteiger partial charge in [0.1, 0.15) is 6.26 Å². The number of carbonyl (C=O) groups is 1. The van der Waals surface area contributed by atoms with E-state index in [-0.39, 0.29) is 12.0 Å². The lowest BCUT2D eigenvalue weighted by molar-refractivity contribution is 0.250. The molecule has 0 aliphatic rings. The molecule has 0 aromatic carbocycles. The SMILES string of the molecule is COc1ccc(C)nc1NC(=O)NCc1nc(C(C)(C)C)co1. The van der Waals surface area contributed by atoms with Crippen LogP contribution in [-0.4, -0.2) is 23.1 Å². The van der Waals surface area contributed by atoms with Gasteiger partial charge in [-0.2, -0.15) is 0 Å². The van der Waals surface area contributed by atoms with Crippen molar-refractivity contribution in [3.05, 3.63) is 35.7 Å². The zero-order valence-electron chi connectivity index (χ0n) is 14.1. The minimum atomic E-state index is -0.406. The fourth-order valence-corrected chi connectivity index (χ4v) is 1.84. The summed E-state index contributed by atoms with van der Waals surface area (Å²) in [6.45, 7) is 8.17. The summed E-state index contributed by atoms with van der Waals surface area (Å²) in [6.07, 6.45) is 1.61. The van der Waals surface area contributed by atoms with Gasteiger partial charge in [0.2, 0.25) is 5.89 Å². The summed E-state index contributed by atoms with van der Waals surface area (Å²) in [6, 6.07) is 3.15. The molecule has 7 heteroatoms. The number of aromatic nitrogens is 2. The smallest absolute Gasteiger partial charge is 0.320 e. The standard InChI is InChI=1S/C16H22N4O3/c1-10-6-7-11(22-5)14(18-10)20-15(21)17-8-13-19-12(9-23-13)16(2,3)4/h6-7,9H,8H2,1-5H3,(H2,17,18,20,21). The number of hydrogen-bond donors (Lipinski definition) is 2. The van der Waals surface area contributed by atoms with Crippen LogP contribution in [0.4, 0.5) is 10.6 Å². The Balaban J connectivity index is 1.95. The van der Waals surface area contributed by atoms with Gasteiger partial charge in [-0.05, 0) is 19.1 Å². The third-order valence-electron chi connectivity index (χ3n) is 3.17. The second-order valence-electron chi connectivity index (χ2n) is 6.19. The van der Waals surface area contributed by atoms with Gasteiger partial charge in [-0.1, -0.05) is 20.8 Å². The number of ether oxygens (including phenoxy) is 1. The van der Waals surface area contributed by atoms with E-state index >= 15 is 0 Å². The molecular weight excluding hydrogens is 296 g/mol. The van der Waals surface area contributed by atoms with Crippen LogP contribution in [0.15, 0.2) is 22.8 Å². The number of aryl methyl sites for hydroxylation is 1. The minimum Gasteiger partial charge on any atom is -0.493 e. The van der Waals surface area contributed by atoms with Crippen molar-refractivity contribution in [2.45, 2.75) is 39.7 Å². The second kappa shape index (κ2) is 6.68. The number of nitrogens with zero attached hydrogens (tertiary/aromatic N) is 2. The number of pyridine rings is 1. The average molecular weight is 318 g/mol. The van der Waals surface area contributed by atoms with Gasteiger partial charge in [0.15, 0.2) is 11.6 Å². The molecule has 124 valence electrons. The third kappa shape index (κ3) is 4.45. The minimum absolute atomic E-state index is 0.0944. The van der Waals surface area contributed by atoms with Crippen molar-refractivity contribution >= 4 is 11.8 Å².